The van der Waals surface area contributed by atoms with E-state index in [4.69, 9.17) is 4.74 Å². The summed E-state index contributed by atoms with van der Waals surface area (Å²) < 4.78 is 5.93. The maximum absolute atomic E-state index is 12.0. The van der Waals surface area contributed by atoms with Crippen molar-refractivity contribution in [2.24, 2.45) is 0 Å². The van der Waals surface area contributed by atoms with E-state index < -0.39 is 0 Å². The van der Waals surface area contributed by atoms with E-state index in [9.17, 15) is 4.79 Å². The fourth-order valence-corrected chi connectivity index (χ4v) is 2.53. The molecule has 1 saturated carbocycles. The molecule has 0 radical (unpaired) electrons. The molecule has 0 unspecified atom stereocenters. The van der Waals surface area contributed by atoms with E-state index in [0.717, 1.165) is 23.1 Å². The number of benzene rings is 1. The van der Waals surface area contributed by atoms with E-state index in [2.05, 4.69) is 28.2 Å². The summed E-state index contributed by atoms with van der Waals surface area (Å²) in [6.07, 6.45) is 3.33. The molecule has 0 aliphatic heterocycles. The molecule has 1 aromatic carbocycles. The number of amides is 1. The molecule has 1 aliphatic carbocycles. The van der Waals surface area contributed by atoms with Crippen LogP contribution in [0, 0.1) is 0 Å². The monoisotopic (exact) mass is 297 g/mol. The van der Waals surface area contributed by atoms with Crippen molar-refractivity contribution in [1.29, 1.82) is 0 Å². The van der Waals surface area contributed by atoms with Crippen LogP contribution in [0.2, 0.25) is 0 Å². The summed E-state index contributed by atoms with van der Waals surface area (Å²) in [5.41, 5.74) is 0.648. The van der Waals surface area contributed by atoms with E-state index in [1.54, 1.807) is 25.3 Å². The van der Waals surface area contributed by atoms with Crippen molar-refractivity contribution in [3.8, 4) is 5.75 Å². The van der Waals surface area contributed by atoms with Gasteiger partial charge in [0.15, 0.2) is 0 Å². The smallest absolute Gasteiger partial charge is 0.251 e. The predicted octanol–water partition coefficient (Wildman–Crippen LogP) is 3.13. The van der Waals surface area contributed by atoms with Gasteiger partial charge in [-0.2, -0.15) is 0 Å². The molecule has 0 saturated heterocycles. The summed E-state index contributed by atoms with van der Waals surface area (Å²) in [5.74, 6) is 0.715. The minimum atomic E-state index is -0.0180. The van der Waals surface area contributed by atoms with Gasteiger partial charge < -0.3 is 10.1 Å². The molecule has 1 amide bonds. The van der Waals surface area contributed by atoms with E-state index in [0.29, 0.717) is 5.56 Å². The number of hydrogen-bond acceptors (Lipinski definition) is 2. The van der Waals surface area contributed by atoms with Crippen LogP contribution in [0.4, 0.5) is 0 Å². The highest BCUT2D eigenvalue weighted by atomic mass is 79.9. The molecule has 4 heteroatoms. The van der Waals surface area contributed by atoms with Gasteiger partial charge >= 0.3 is 0 Å². The normalized spacial score (nSPS) is 17.1. The Morgan fingerprint density at radius 3 is 2.65 bits per heavy atom. The van der Waals surface area contributed by atoms with Crippen LogP contribution in [0.1, 0.15) is 36.5 Å². The molecule has 1 N–H and O–H groups in total. The Labute approximate surface area is 110 Å². The molecule has 0 spiro atoms. The van der Waals surface area contributed by atoms with Crippen molar-refractivity contribution in [3.05, 3.63) is 28.2 Å². The number of rotatable bonds is 3. The lowest BCUT2D eigenvalue weighted by atomic mass is 9.78. The maximum Gasteiger partial charge on any atom is 0.251 e. The van der Waals surface area contributed by atoms with Crippen LogP contribution in [0.15, 0.2) is 22.7 Å². The maximum atomic E-state index is 12.0. The molecule has 17 heavy (non-hydrogen) atoms. The standard InChI is InChI=1S/C13H16BrNO2/c1-13(6-3-7-13)15-12(16)9-4-5-11(17-2)10(14)8-9/h4-5,8H,3,6-7H2,1-2H3,(H,15,16). The Bertz CT molecular complexity index is 441. The van der Waals surface area contributed by atoms with Gasteiger partial charge in [0.05, 0.1) is 11.6 Å². The molecule has 92 valence electrons. The van der Waals surface area contributed by atoms with Gasteiger partial charge in [0.25, 0.3) is 5.91 Å². The lowest BCUT2D eigenvalue weighted by Gasteiger charge is -2.39. The SMILES string of the molecule is COc1ccc(C(=O)NC2(C)CCC2)cc1Br. The van der Waals surface area contributed by atoms with E-state index in [1.807, 2.05) is 0 Å². The van der Waals surface area contributed by atoms with Crippen molar-refractivity contribution in [3.63, 3.8) is 0 Å². The van der Waals surface area contributed by atoms with Gasteiger partial charge in [-0.05, 0) is 60.3 Å². The zero-order chi connectivity index (χ0) is 12.5. The molecule has 0 atom stereocenters. The molecule has 1 aromatic rings. The van der Waals surface area contributed by atoms with Crippen LogP contribution in [-0.4, -0.2) is 18.6 Å². The molecule has 2 rings (SSSR count). The van der Waals surface area contributed by atoms with Crippen LogP contribution >= 0.6 is 15.9 Å². The van der Waals surface area contributed by atoms with Gasteiger partial charge in [-0.3, -0.25) is 4.79 Å². The van der Waals surface area contributed by atoms with Crippen molar-refractivity contribution in [2.45, 2.75) is 31.7 Å². The minimum absolute atomic E-state index is 0.0104. The number of halogens is 1. The van der Waals surface area contributed by atoms with Gasteiger partial charge in [0.2, 0.25) is 0 Å². The second-order valence-electron chi connectivity index (χ2n) is 4.72. The average Bonchev–Trinajstić information content (AvgIpc) is 2.26. The summed E-state index contributed by atoms with van der Waals surface area (Å²) in [6.45, 7) is 2.09. The average molecular weight is 298 g/mol. The second kappa shape index (κ2) is 4.69. The minimum Gasteiger partial charge on any atom is -0.496 e. The highest BCUT2D eigenvalue weighted by Gasteiger charge is 2.33. The number of carbonyl (C=O) groups is 1. The third-order valence-corrected chi connectivity index (χ3v) is 3.91. The van der Waals surface area contributed by atoms with Crippen LogP contribution in [-0.2, 0) is 0 Å². The number of carbonyl (C=O) groups excluding carboxylic acids is 1. The molecular formula is C13H16BrNO2. The van der Waals surface area contributed by atoms with Crippen molar-refractivity contribution in [2.75, 3.05) is 7.11 Å². The Hall–Kier alpha value is -1.03. The molecule has 1 fully saturated rings. The Kier molecular flexibility index (Phi) is 3.43. The molecule has 1 aliphatic rings. The predicted molar refractivity (Wildman–Crippen MR) is 70.4 cm³/mol. The van der Waals surface area contributed by atoms with Crippen LogP contribution in [0.25, 0.3) is 0 Å². The van der Waals surface area contributed by atoms with Crippen LogP contribution in [0.3, 0.4) is 0 Å². The highest BCUT2D eigenvalue weighted by Crippen LogP contribution is 2.31. The zero-order valence-corrected chi connectivity index (χ0v) is 11.6. The first kappa shape index (κ1) is 12.4. The summed E-state index contributed by atoms with van der Waals surface area (Å²) in [7, 11) is 1.61. The number of hydrogen-bond donors (Lipinski definition) is 1. The van der Waals surface area contributed by atoms with E-state index >= 15 is 0 Å². The van der Waals surface area contributed by atoms with E-state index in [1.165, 1.54) is 6.42 Å². The lowest BCUT2D eigenvalue weighted by molar-refractivity contribution is 0.0850. The fourth-order valence-electron chi connectivity index (χ4n) is 1.99. The number of nitrogens with one attached hydrogen (secondary N) is 1. The first-order valence-corrected chi connectivity index (χ1v) is 6.49. The summed E-state index contributed by atoms with van der Waals surface area (Å²) in [4.78, 5) is 12.0. The molecular weight excluding hydrogens is 282 g/mol. The Morgan fingerprint density at radius 1 is 1.47 bits per heavy atom. The third-order valence-electron chi connectivity index (χ3n) is 3.29. The topological polar surface area (TPSA) is 38.3 Å². The van der Waals surface area contributed by atoms with Crippen molar-refractivity contribution >= 4 is 21.8 Å². The quantitative estimate of drug-likeness (QED) is 0.931. The lowest BCUT2D eigenvalue weighted by Crippen LogP contribution is -2.50. The van der Waals surface area contributed by atoms with Gasteiger partial charge in [-0.25, -0.2) is 0 Å². The Balaban J connectivity index is 2.11. The largest absolute Gasteiger partial charge is 0.496 e. The molecule has 0 heterocycles. The highest BCUT2D eigenvalue weighted by molar-refractivity contribution is 9.10. The van der Waals surface area contributed by atoms with Crippen molar-refractivity contribution in [1.82, 2.24) is 5.32 Å². The molecule has 3 nitrogen and oxygen atoms in total. The molecule has 0 bridgehead atoms. The Morgan fingerprint density at radius 2 is 2.18 bits per heavy atom. The van der Waals surface area contributed by atoms with Gasteiger partial charge in [0.1, 0.15) is 5.75 Å². The number of ether oxygens (including phenoxy) is 1. The van der Waals surface area contributed by atoms with Crippen LogP contribution in [0.5, 0.6) is 5.75 Å². The van der Waals surface area contributed by atoms with Crippen LogP contribution < -0.4 is 10.1 Å². The third kappa shape index (κ3) is 2.63. The summed E-state index contributed by atoms with van der Waals surface area (Å²) >= 11 is 3.38. The molecule has 0 aromatic heterocycles. The summed E-state index contributed by atoms with van der Waals surface area (Å²) in [6, 6.07) is 5.36. The zero-order valence-electron chi connectivity index (χ0n) is 10.0. The van der Waals surface area contributed by atoms with Gasteiger partial charge in [-0.15, -0.1) is 0 Å². The number of methoxy groups -OCH3 is 1. The van der Waals surface area contributed by atoms with E-state index in [-0.39, 0.29) is 11.4 Å². The first-order chi connectivity index (χ1) is 8.04. The van der Waals surface area contributed by atoms with Gasteiger partial charge in [-0.1, -0.05) is 0 Å². The summed E-state index contributed by atoms with van der Waals surface area (Å²) in [5, 5.41) is 3.07. The van der Waals surface area contributed by atoms with Gasteiger partial charge in [0, 0.05) is 11.1 Å². The fraction of sp³-hybridized carbons (Fsp3) is 0.462. The first-order valence-electron chi connectivity index (χ1n) is 5.70. The van der Waals surface area contributed by atoms with Crippen molar-refractivity contribution < 1.29 is 9.53 Å². The second-order valence-corrected chi connectivity index (χ2v) is 5.57.